The predicted octanol–water partition coefficient (Wildman–Crippen LogP) is 1.00. The summed E-state index contributed by atoms with van der Waals surface area (Å²) >= 11 is 0. The van der Waals surface area contributed by atoms with Crippen molar-refractivity contribution in [1.82, 2.24) is 14.9 Å². The summed E-state index contributed by atoms with van der Waals surface area (Å²) in [6.07, 6.45) is 4.41. The Morgan fingerprint density at radius 2 is 2.32 bits per heavy atom. The SMILES string of the molecule is CC1(NCc2cnn3ccccc23)CCS(=O)(=O)C1. The number of hydrogen-bond acceptors (Lipinski definition) is 4. The lowest BCUT2D eigenvalue weighted by Gasteiger charge is -2.23. The summed E-state index contributed by atoms with van der Waals surface area (Å²) in [4.78, 5) is 0. The minimum Gasteiger partial charge on any atom is -0.306 e. The van der Waals surface area contributed by atoms with Crippen molar-refractivity contribution in [2.45, 2.75) is 25.4 Å². The lowest BCUT2D eigenvalue weighted by atomic mass is 10.0. The molecule has 1 saturated heterocycles. The van der Waals surface area contributed by atoms with Crippen LogP contribution in [0.5, 0.6) is 0 Å². The number of nitrogens with one attached hydrogen (secondary N) is 1. The van der Waals surface area contributed by atoms with Crippen LogP contribution in [0.1, 0.15) is 18.9 Å². The zero-order valence-electron chi connectivity index (χ0n) is 10.8. The Bertz CT molecular complexity index is 708. The smallest absolute Gasteiger partial charge is 0.152 e. The Labute approximate surface area is 112 Å². The first-order chi connectivity index (χ1) is 8.98. The Morgan fingerprint density at radius 1 is 1.47 bits per heavy atom. The van der Waals surface area contributed by atoms with Crippen LogP contribution < -0.4 is 5.32 Å². The second-order valence-corrected chi connectivity index (χ2v) is 7.64. The second kappa shape index (κ2) is 4.31. The van der Waals surface area contributed by atoms with Gasteiger partial charge in [-0.15, -0.1) is 0 Å². The van der Waals surface area contributed by atoms with E-state index in [9.17, 15) is 8.42 Å². The summed E-state index contributed by atoms with van der Waals surface area (Å²) in [7, 11) is -2.87. The quantitative estimate of drug-likeness (QED) is 0.910. The van der Waals surface area contributed by atoms with Gasteiger partial charge in [-0.25, -0.2) is 12.9 Å². The van der Waals surface area contributed by atoms with Crippen LogP contribution in [-0.2, 0) is 16.4 Å². The highest BCUT2D eigenvalue weighted by Crippen LogP contribution is 2.23. The van der Waals surface area contributed by atoms with Crippen LogP contribution in [0.25, 0.3) is 5.52 Å². The van der Waals surface area contributed by atoms with Gasteiger partial charge in [-0.2, -0.15) is 5.10 Å². The van der Waals surface area contributed by atoms with E-state index < -0.39 is 9.84 Å². The van der Waals surface area contributed by atoms with Crippen molar-refractivity contribution in [2.24, 2.45) is 0 Å². The van der Waals surface area contributed by atoms with Crippen LogP contribution >= 0.6 is 0 Å². The van der Waals surface area contributed by atoms with Crippen molar-refractivity contribution in [3.8, 4) is 0 Å². The monoisotopic (exact) mass is 279 g/mol. The molecule has 19 heavy (non-hydrogen) atoms. The Hall–Kier alpha value is -1.40. The maximum Gasteiger partial charge on any atom is 0.152 e. The van der Waals surface area contributed by atoms with Crippen molar-refractivity contribution >= 4 is 15.4 Å². The fourth-order valence-electron chi connectivity index (χ4n) is 2.58. The molecule has 102 valence electrons. The van der Waals surface area contributed by atoms with E-state index >= 15 is 0 Å². The molecule has 0 radical (unpaired) electrons. The van der Waals surface area contributed by atoms with Crippen molar-refractivity contribution < 1.29 is 8.42 Å². The first-order valence-corrected chi connectivity index (χ1v) is 8.16. The Morgan fingerprint density at radius 3 is 3.05 bits per heavy atom. The molecule has 0 saturated carbocycles. The fraction of sp³-hybridized carbons (Fsp3) is 0.462. The molecular weight excluding hydrogens is 262 g/mol. The standard InChI is InChI=1S/C13H17N3O2S/c1-13(5-7-19(17,18)10-13)14-8-11-9-15-16-6-3-2-4-12(11)16/h2-4,6,9,14H,5,7-8,10H2,1H3. The van der Waals surface area contributed by atoms with Crippen molar-refractivity contribution in [2.75, 3.05) is 11.5 Å². The molecule has 1 atom stereocenters. The van der Waals surface area contributed by atoms with Crippen molar-refractivity contribution in [1.29, 1.82) is 0 Å². The molecule has 1 aliphatic heterocycles. The summed E-state index contributed by atoms with van der Waals surface area (Å²) in [6, 6.07) is 5.92. The van der Waals surface area contributed by atoms with Crippen molar-refractivity contribution in [3.63, 3.8) is 0 Å². The summed E-state index contributed by atoms with van der Waals surface area (Å²) in [6.45, 7) is 2.61. The van der Waals surface area contributed by atoms with Gasteiger partial charge in [-0.1, -0.05) is 6.07 Å². The van der Waals surface area contributed by atoms with E-state index in [0.29, 0.717) is 13.0 Å². The van der Waals surface area contributed by atoms with Gasteiger partial charge in [0.1, 0.15) is 0 Å². The molecule has 0 bridgehead atoms. The third-order valence-corrected chi connectivity index (χ3v) is 5.62. The van der Waals surface area contributed by atoms with E-state index in [1.54, 1.807) is 0 Å². The Kier molecular flexibility index (Phi) is 2.87. The number of sulfone groups is 1. The van der Waals surface area contributed by atoms with E-state index in [4.69, 9.17) is 0 Å². The van der Waals surface area contributed by atoms with Crippen LogP contribution in [0.3, 0.4) is 0 Å². The fourth-order valence-corrected chi connectivity index (χ4v) is 4.71. The number of pyridine rings is 1. The first kappa shape index (κ1) is 12.6. The molecule has 5 nitrogen and oxygen atoms in total. The normalized spacial score (nSPS) is 25.9. The molecule has 0 aliphatic carbocycles. The van der Waals surface area contributed by atoms with Gasteiger partial charge >= 0.3 is 0 Å². The number of hydrogen-bond donors (Lipinski definition) is 1. The number of aromatic nitrogens is 2. The highest BCUT2D eigenvalue weighted by atomic mass is 32.2. The summed E-state index contributed by atoms with van der Waals surface area (Å²) in [5.41, 5.74) is 1.83. The minimum absolute atomic E-state index is 0.221. The minimum atomic E-state index is -2.87. The van der Waals surface area contributed by atoms with E-state index in [-0.39, 0.29) is 17.0 Å². The number of nitrogens with zero attached hydrogens (tertiary/aromatic N) is 2. The van der Waals surface area contributed by atoms with Gasteiger partial charge in [0, 0.05) is 23.8 Å². The Balaban J connectivity index is 1.76. The lowest BCUT2D eigenvalue weighted by Crippen LogP contribution is -2.42. The van der Waals surface area contributed by atoms with Gasteiger partial charge in [0.05, 0.1) is 23.2 Å². The zero-order chi connectivity index (χ0) is 13.5. The van der Waals surface area contributed by atoms with Gasteiger partial charge in [-0.3, -0.25) is 0 Å². The van der Waals surface area contributed by atoms with Gasteiger partial charge in [0.15, 0.2) is 9.84 Å². The summed E-state index contributed by atoms with van der Waals surface area (Å²) < 4.78 is 25.0. The zero-order valence-corrected chi connectivity index (χ0v) is 11.7. The van der Waals surface area contributed by atoms with Gasteiger partial charge in [0.25, 0.3) is 0 Å². The first-order valence-electron chi connectivity index (χ1n) is 6.34. The van der Waals surface area contributed by atoms with Gasteiger partial charge < -0.3 is 5.32 Å². The highest BCUT2D eigenvalue weighted by Gasteiger charge is 2.37. The van der Waals surface area contributed by atoms with E-state index in [0.717, 1.165) is 11.1 Å². The molecule has 0 spiro atoms. The summed E-state index contributed by atoms with van der Waals surface area (Å²) in [5.74, 6) is 0.504. The number of fused-ring (bicyclic) bond motifs is 1. The van der Waals surface area contributed by atoms with Crippen molar-refractivity contribution in [3.05, 3.63) is 36.2 Å². The predicted molar refractivity (Wildman–Crippen MR) is 73.7 cm³/mol. The second-order valence-electron chi connectivity index (χ2n) is 5.46. The molecule has 1 fully saturated rings. The molecule has 2 aromatic heterocycles. The van der Waals surface area contributed by atoms with Crippen LogP contribution in [0, 0.1) is 0 Å². The maximum atomic E-state index is 11.6. The molecule has 0 amide bonds. The average Bonchev–Trinajstić information content (AvgIpc) is 2.89. The van der Waals surface area contributed by atoms with Crippen LogP contribution in [0.15, 0.2) is 30.6 Å². The molecule has 6 heteroatoms. The van der Waals surface area contributed by atoms with Crippen LogP contribution in [0.4, 0.5) is 0 Å². The van der Waals surface area contributed by atoms with Gasteiger partial charge in [-0.05, 0) is 25.5 Å². The number of rotatable bonds is 3. The molecule has 2 aromatic rings. The third-order valence-electron chi connectivity index (χ3n) is 3.72. The summed E-state index contributed by atoms with van der Waals surface area (Å²) in [5, 5.41) is 7.65. The molecule has 3 heterocycles. The maximum absolute atomic E-state index is 11.6. The van der Waals surface area contributed by atoms with Crippen LogP contribution in [-0.4, -0.2) is 35.1 Å². The average molecular weight is 279 g/mol. The molecular formula is C13H17N3O2S. The van der Waals surface area contributed by atoms with Gasteiger partial charge in [0.2, 0.25) is 0 Å². The molecule has 1 unspecified atom stereocenters. The van der Waals surface area contributed by atoms with Crippen LogP contribution in [0.2, 0.25) is 0 Å². The van der Waals surface area contributed by atoms with E-state index in [2.05, 4.69) is 10.4 Å². The molecule has 1 N–H and O–H groups in total. The molecule has 3 rings (SSSR count). The third kappa shape index (κ3) is 2.50. The highest BCUT2D eigenvalue weighted by molar-refractivity contribution is 7.91. The topological polar surface area (TPSA) is 63.5 Å². The lowest BCUT2D eigenvalue weighted by molar-refractivity contribution is 0.396. The van der Waals surface area contributed by atoms with E-state index in [1.165, 1.54) is 0 Å². The molecule has 0 aromatic carbocycles. The largest absolute Gasteiger partial charge is 0.306 e. The molecule has 1 aliphatic rings. The van der Waals surface area contributed by atoms with E-state index in [1.807, 2.05) is 42.0 Å².